The maximum atomic E-state index is 12.4. The third kappa shape index (κ3) is 2.45. The smallest absolute Gasteiger partial charge is 0.224 e. The molecular weight excluding hydrogens is 250 g/mol. The van der Waals surface area contributed by atoms with Crippen LogP contribution in [0.5, 0.6) is 5.75 Å². The Kier molecular flexibility index (Phi) is 3.51. The number of carbonyl (C=O) groups excluding carboxylic acids is 1. The highest BCUT2D eigenvalue weighted by Gasteiger charge is 2.39. The van der Waals surface area contributed by atoms with Gasteiger partial charge in [-0.3, -0.25) is 4.79 Å². The Bertz CT molecular complexity index is 520. The molecule has 3 rings (SSSR count). The van der Waals surface area contributed by atoms with Gasteiger partial charge >= 0.3 is 0 Å². The molecular formula is C17H21NO2. The van der Waals surface area contributed by atoms with Gasteiger partial charge in [-0.05, 0) is 49.3 Å². The number of ether oxygens (including phenoxy) is 1. The van der Waals surface area contributed by atoms with Gasteiger partial charge in [0.2, 0.25) is 5.91 Å². The molecule has 2 bridgehead atoms. The van der Waals surface area contributed by atoms with E-state index in [4.69, 9.17) is 4.74 Å². The van der Waals surface area contributed by atoms with E-state index in [-0.39, 0.29) is 17.9 Å². The number of fused-ring (bicyclic) bond motifs is 2. The van der Waals surface area contributed by atoms with Gasteiger partial charge < -0.3 is 10.1 Å². The van der Waals surface area contributed by atoms with Crippen LogP contribution in [0.15, 0.2) is 36.4 Å². The molecule has 4 unspecified atom stereocenters. The molecule has 0 heterocycles. The van der Waals surface area contributed by atoms with Crippen LogP contribution in [0.4, 0.5) is 0 Å². The van der Waals surface area contributed by atoms with Gasteiger partial charge in [-0.15, -0.1) is 0 Å². The number of allylic oxidation sites excluding steroid dienone is 2. The topological polar surface area (TPSA) is 38.3 Å². The van der Waals surface area contributed by atoms with E-state index in [1.165, 1.54) is 0 Å². The van der Waals surface area contributed by atoms with Gasteiger partial charge in [0.05, 0.1) is 13.2 Å². The van der Waals surface area contributed by atoms with Crippen LogP contribution >= 0.6 is 0 Å². The van der Waals surface area contributed by atoms with E-state index in [1.807, 2.05) is 31.2 Å². The third-order valence-corrected chi connectivity index (χ3v) is 4.59. The summed E-state index contributed by atoms with van der Waals surface area (Å²) in [4.78, 5) is 12.4. The molecule has 4 atom stereocenters. The molecule has 20 heavy (non-hydrogen) atoms. The Balaban J connectivity index is 1.61. The molecule has 2 aliphatic rings. The van der Waals surface area contributed by atoms with Gasteiger partial charge in [0.1, 0.15) is 5.75 Å². The summed E-state index contributed by atoms with van der Waals surface area (Å²) in [5, 5.41) is 3.15. The minimum atomic E-state index is 0.0384. The summed E-state index contributed by atoms with van der Waals surface area (Å²) < 4.78 is 5.15. The summed E-state index contributed by atoms with van der Waals surface area (Å²) in [7, 11) is 1.66. The summed E-state index contributed by atoms with van der Waals surface area (Å²) in [5.74, 6) is 2.30. The Labute approximate surface area is 120 Å². The van der Waals surface area contributed by atoms with E-state index in [0.717, 1.165) is 24.2 Å². The molecule has 1 saturated carbocycles. The van der Waals surface area contributed by atoms with E-state index >= 15 is 0 Å². The van der Waals surface area contributed by atoms with Crippen molar-refractivity contribution >= 4 is 5.91 Å². The lowest BCUT2D eigenvalue weighted by Gasteiger charge is -2.21. The van der Waals surface area contributed by atoms with Gasteiger partial charge in [-0.2, -0.15) is 0 Å². The first-order valence-electron chi connectivity index (χ1n) is 7.30. The molecule has 1 N–H and O–H groups in total. The predicted molar refractivity (Wildman–Crippen MR) is 78.4 cm³/mol. The van der Waals surface area contributed by atoms with Gasteiger partial charge in [0, 0.05) is 5.92 Å². The number of nitrogens with one attached hydrogen (secondary N) is 1. The standard InChI is InChI=1S/C17H21NO2/c1-11(13-5-7-15(20-2)8-6-13)18-17(19)16-10-12-3-4-14(16)9-12/h3-8,11-12,14,16H,9-10H2,1-2H3,(H,18,19). The first kappa shape index (κ1) is 13.2. The van der Waals surface area contributed by atoms with Gasteiger partial charge in [-0.1, -0.05) is 24.3 Å². The van der Waals surface area contributed by atoms with Crippen molar-refractivity contribution in [3.05, 3.63) is 42.0 Å². The van der Waals surface area contributed by atoms with Crippen molar-refractivity contribution in [1.82, 2.24) is 5.32 Å². The van der Waals surface area contributed by atoms with E-state index in [0.29, 0.717) is 11.8 Å². The molecule has 2 aliphatic carbocycles. The maximum absolute atomic E-state index is 12.4. The fourth-order valence-electron chi connectivity index (χ4n) is 3.38. The molecule has 1 amide bonds. The largest absolute Gasteiger partial charge is 0.497 e. The monoisotopic (exact) mass is 271 g/mol. The third-order valence-electron chi connectivity index (χ3n) is 4.59. The fraction of sp³-hybridized carbons (Fsp3) is 0.471. The summed E-state index contributed by atoms with van der Waals surface area (Å²) in [6, 6.07) is 7.90. The minimum absolute atomic E-state index is 0.0384. The first-order chi connectivity index (χ1) is 9.67. The van der Waals surface area contributed by atoms with Crippen LogP contribution in [0, 0.1) is 17.8 Å². The molecule has 0 saturated heterocycles. The Hall–Kier alpha value is -1.77. The molecule has 1 fully saturated rings. The zero-order chi connectivity index (χ0) is 14.1. The molecule has 3 nitrogen and oxygen atoms in total. The lowest BCUT2D eigenvalue weighted by Crippen LogP contribution is -2.34. The van der Waals surface area contributed by atoms with Crippen molar-refractivity contribution in [2.24, 2.45) is 17.8 Å². The maximum Gasteiger partial charge on any atom is 0.224 e. The predicted octanol–water partition coefficient (Wildman–Crippen LogP) is 3.08. The van der Waals surface area contributed by atoms with Crippen LogP contribution in [-0.2, 0) is 4.79 Å². The molecule has 0 spiro atoms. The lowest BCUT2D eigenvalue weighted by molar-refractivity contribution is -0.126. The number of amides is 1. The number of benzene rings is 1. The van der Waals surface area contributed by atoms with E-state index in [2.05, 4.69) is 17.5 Å². The van der Waals surface area contributed by atoms with E-state index < -0.39 is 0 Å². The van der Waals surface area contributed by atoms with Crippen LogP contribution in [0.1, 0.15) is 31.4 Å². The summed E-state index contributed by atoms with van der Waals surface area (Å²) in [6.45, 7) is 2.03. The van der Waals surface area contributed by atoms with Crippen LogP contribution in [0.3, 0.4) is 0 Å². The highest BCUT2D eigenvalue weighted by molar-refractivity contribution is 5.80. The Morgan fingerprint density at radius 2 is 2.00 bits per heavy atom. The quantitative estimate of drug-likeness (QED) is 0.855. The molecule has 0 aliphatic heterocycles. The number of rotatable bonds is 4. The zero-order valence-electron chi connectivity index (χ0n) is 12.0. The summed E-state index contributed by atoms with van der Waals surface area (Å²) in [6.07, 6.45) is 6.66. The summed E-state index contributed by atoms with van der Waals surface area (Å²) in [5.41, 5.74) is 1.11. The molecule has 1 aromatic carbocycles. The molecule has 106 valence electrons. The van der Waals surface area contributed by atoms with Gasteiger partial charge in [0.15, 0.2) is 0 Å². The zero-order valence-corrected chi connectivity index (χ0v) is 12.0. The van der Waals surface area contributed by atoms with Crippen molar-refractivity contribution in [2.45, 2.75) is 25.8 Å². The SMILES string of the molecule is COc1ccc(C(C)NC(=O)C2CC3C=CC2C3)cc1. The van der Waals surface area contributed by atoms with Crippen molar-refractivity contribution in [1.29, 1.82) is 0 Å². The van der Waals surface area contributed by atoms with Crippen molar-refractivity contribution < 1.29 is 9.53 Å². The van der Waals surface area contributed by atoms with Crippen molar-refractivity contribution in [3.8, 4) is 5.75 Å². The average molecular weight is 271 g/mol. The normalized spacial score (nSPS) is 28.4. The first-order valence-corrected chi connectivity index (χ1v) is 7.30. The fourth-order valence-corrected chi connectivity index (χ4v) is 3.38. The van der Waals surface area contributed by atoms with Gasteiger partial charge in [-0.25, -0.2) is 0 Å². The van der Waals surface area contributed by atoms with Gasteiger partial charge in [0.25, 0.3) is 0 Å². The molecule has 0 aromatic heterocycles. The highest BCUT2D eigenvalue weighted by atomic mass is 16.5. The van der Waals surface area contributed by atoms with Crippen molar-refractivity contribution in [2.75, 3.05) is 7.11 Å². The van der Waals surface area contributed by atoms with Crippen LogP contribution in [0.2, 0.25) is 0 Å². The number of methoxy groups -OCH3 is 1. The second-order valence-electron chi connectivity index (χ2n) is 5.89. The second-order valence-corrected chi connectivity index (χ2v) is 5.89. The molecule has 0 radical (unpaired) electrons. The van der Waals surface area contributed by atoms with E-state index in [1.54, 1.807) is 7.11 Å². The van der Waals surface area contributed by atoms with E-state index in [9.17, 15) is 4.79 Å². The molecule has 3 heteroatoms. The Morgan fingerprint density at radius 1 is 1.25 bits per heavy atom. The number of hydrogen-bond donors (Lipinski definition) is 1. The lowest BCUT2D eigenvalue weighted by atomic mass is 9.92. The van der Waals surface area contributed by atoms with Crippen molar-refractivity contribution in [3.63, 3.8) is 0 Å². The molecule has 1 aromatic rings. The average Bonchev–Trinajstić information content (AvgIpc) is 3.10. The number of hydrogen-bond acceptors (Lipinski definition) is 2. The van der Waals surface area contributed by atoms with Crippen LogP contribution in [-0.4, -0.2) is 13.0 Å². The van der Waals surface area contributed by atoms with Crippen LogP contribution < -0.4 is 10.1 Å². The minimum Gasteiger partial charge on any atom is -0.497 e. The highest BCUT2D eigenvalue weighted by Crippen LogP contribution is 2.43. The second kappa shape index (κ2) is 5.31. The summed E-state index contributed by atoms with van der Waals surface area (Å²) >= 11 is 0. The number of carbonyl (C=O) groups is 1. The van der Waals surface area contributed by atoms with Crippen LogP contribution in [0.25, 0.3) is 0 Å². The Morgan fingerprint density at radius 3 is 2.55 bits per heavy atom.